The Morgan fingerprint density at radius 2 is 1.69 bits per heavy atom. The van der Waals surface area contributed by atoms with Crippen molar-refractivity contribution in [2.75, 3.05) is 32.8 Å². The predicted octanol–water partition coefficient (Wildman–Crippen LogP) is 2.86. The van der Waals surface area contributed by atoms with Gasteiger partial charge in [-0.15, -0.1) is 0 Å². The molecule has 0 radical (unpaired) electrons. The molecule has 5 heteroatoms. The van der Waals surface area contributed by atoms with E-state index in [1.54, 1.807) is 6.92 Å². The predicted molar refractivity (Wildman–Crippen MR) is 99.3 cm³/mol. The van der Waals surface area contributed by atoms with Crippen molar-refractivity contribution < 1.29 is 14.3 Å². The van der Waals surface area contributed by atoms with Gasteiger partial charge in [0, 0.05) is 39.6 Å². The molecule has 0 bridgehead atoms. The molecular formula is C21H24N2O3. The number of fused-ring (bicyclic) bond motifs is 1. The maximum Gasteiger partial charge on any atom is 0.219 e. The number of hydrogen-bond donors (Lipinski definition) is 0. The van der Waals surface area contributed by atoms with Crippen LogP contribution in [0.3, 0.4) is 0 Å². The third kappa shape index (κ3) is 3.68. The zero-order valence-corrected chi connectivity index (χ0v) is 15.1. The van der Waals surface area contributed by atoms with Crippen molar-refractivity contribution >= 4 is 5.91 Å². The zero-order chi connectivity index (χ0) is 17.9. The minimum atomic E-state index is -0.0712. The van der Waals surface area contributed by atoms with E-state index in [1.807, 2.05) is 29.2 Å². The van der Waals surface area contributed by atoms with Crippen molar-refractivity contribution in [2.45, 2.75) is 19.6 Å². The number of nitrogens with zero attached hydrogens (tertiary/aromatic N) is 2. The fourth-order valence-corrected chi connectivity index (χ4v) is 3.50. The maximum absolute atomic E-state index is 11.4. The quantitative estimate of drug-likeness (QED) is 0.852. The molecule has 1 amide bonds. The van der Waals surface area contributed by atoms with E-state index in [9.17, 15) is 4.79 Å². The van der Waals surface area contributed by atoms with E-state index in [1.165, 1.54) is 5.56 Å². The summed E-state index contributed by atoms with van der Waals surface area (Å²) in [4.78, 5) is 15.7. The van der Waals surface area contributed by atoms with E-state index in [0.717, 1.165) is 49.8 Å². The van der Waals surface area contributed by atoms with Gasteiger partial charge in [-0.05, 0) is 23.3 Å². The van der Waals surface area contributed by atoms with Crippen LogP contribution in [0.25, 0.3) is 0 Å². The lowest BCUT2D eigenvalue weighted by molar-refractivity contribution is -0.130. The van der Waals surface area contributed by atoms with E-state index in [-0.39, 0.29) is 12.0 Å². The minimum absolute atomic E-state index is 0.0712. The highest BCUT2D eigenvalue weighted by Gasteiger charge is 2.22. The summed E-state index contributed by atoms with van der Waals surface area (Å²) in [7, 11) is 0. The summed E-state index contributed by atoms with van der Waals surface area (Å²) in [6, 6.07) is 16.4. The van der Waals surface area contributed by atoms with E-state index in [2.05, 4.69) is 29.2 Å². The molecule has 2 heterocycles. The topological polar surface area (TPSA) is 42.0 Å². The van der Waals surface area contributed by atoms with Crippen molar-refractivity contribution in [2.24, 2.45) is 0 Å². The Hall–Kier alpha value is -2.53. The smallest absolute Gasteiger partial charge is 0.219 e. The standard InChI is InChI=1S/C21H24N2O3/c1-16(24)23-12-10-22(11-13-23)14-17-6-8-18(9-7-17)21-15-25-19-4-2-3-5-20(19)26-21/h2-9,21H,10-15H2,1H3. The van der Waals surface area contributed by atoms with Crippen LogP contribution in [-0.4, -0.2) is 48.5 Å². The Kier molecular flexibility index (Phi) is 4.80. The molecule has 1 saturated heterocycles. The normalized spacial score (nSPS) is 20.0. The van der Waals surface area contributed by atoms with Crippen LogP contribution < -0.4 is 9.47 Å². The lowest BCUT2D eigenvalue weighted by Crippen LogP contribution is -2.47. The second kappa shape index (κ2) is 7.38. The van der Waals surface area contributed by atoms with Gasteiger partial charge in [-0.3, -0.25) is 9.69 Å². The number of carbonyl (C=O) groups is 1. The monoisotopic (exact) mass is 352 g/mol. The van der Waals surface area contributed by atoms with Crippen LogP contribution in [0, 0.1) is 0 Å². The molecule has 5 nitrogen and oxygen atoms in total. The molecular weight excluding hydrogens is 328 g/mol. The molecule has 2 aromatic carbocycles. The summed E-state index contributed by atoms with van der Waals surface area (Å²) >= 11 is 0. The van der Waals surface area contributed by atoms with Crippen LogP contribution in [0.15, 0.2) is 48.5 Å². The summed E-state index contributed by atoms with van der Waals surface area (Å²) in [6.07, 6.45) is -0.0712. The molecule has 136 valence electrons. The molecule has 0 aromatic heterocycles. The Morgan fingerprint density at radius 3 is 2.38 bits per heavy atom. The van der Waals surface area contributed by atoms with Crippen molar-refractivity contribution in [1.29, 1.82) is 0 Å². The first kappa shape index (κ1) is 16.9. The van der Waals surface area contributed by atoms with Crippen LogP contribution in [0.5, 0.6) is 11.5 Å². The molecule has 2 aliphatic heterocycles. The lowest BCUT2D eigenvalue weighted by atomic mass is 10.1. The van der Waals surface area contributed by atoms with Gasteiger partial charge in [0.25, 0.3) is 0 Å². The molecule has 0 aliphatic carbocycles. The summed E-state index contributed by atoms with van der Waals surface area (Å²) in [5.74, 6) is 1.78. The number of hydrogen-bond acceptors (Lipinski definition) is 4. The first-order chi connectivity index (χ1) is 12.7. The molecule has 0 saturated carbocycles. The van der Waals surface area contributed by atoms with Gasteiger partial charge in [0.1, 0.15) is 6.61 Å². The van der Waals surface area contributed by atoms with E-state index < -0.39 is 0 Å². The van der Waals surface area contributed by atoms with Crippen LogP contribution in [0.1, 0.15) is 24.2 Å². The highest BCUT2D eigenvalue weighted by Crippen LogP contribution is 2.35. The number of carbonyl (C=O) groups excluding carboxylic acids is 1. The van der Waals surface area contributed by atoms with Gasteiger partial charge in [-0.2, -0.15) is 0 Å². The number of piperazine rings is 1. The van der Waals surface area contributed by atoms with Crippen LogP contribution in [0.2, 0.25) is 0 Å². The number of amides is 1. The summed E-state index contributed by atoms with van der Waals surface area (Å²) in [6.45, 7) is 6.58. The first-order valence-electron chi connectivity index (χ1n) is 9.14. The molecule has 2 aromatic rings. The van der Waals surface area contributed by atoms with Gasteiger partial charge in [-0.1, -0.05) is 36.4 Å². The SMILES string of the molecule is CC(=O)N1CCN(Cc2ccc(C3COc4ccccc4O3)cc2)CC1. The molecule has 1 unspecified atom stereocenters. The van der Waals surface area contributed by atoms with E-state index >= 15 is 0 Å². The van der Waals surface area contributed by atoms with Gasteiger partial charge < -0.3 is 14.4 Å². The molecule has 1 atom stereocenters. The number of para-hydroxylation sites is 2. The van der Waals surface area contributed by atoms with Crippen LogP contribution >= 0.6 is 0 Å². The maximum atomic E-state index is 11.4. The Bertz CT molecular complexity index is 767. The number of rotatable bonds is 3. The largest absolute Gasteiger partial charge is 0.485 e. The van der Waals surface area contributed by atoms with Crippen molar-refractivity contribution in [3.05, 3.63) is 59.7 Å². The Labute approximate surface area is 154 Å². The molecule has 4 rings (SSSR count). The van der Waals surface area contributed by atoms with Crippen LogP contribution in [-0.2, 0) is 11.3 Å². The molecule has 26 heavy (non-hydrogen) atoms. The average molecular weight is 352 g/mol. The van der Waals surface area contributed by atoms with Gasteiger partial charge in [0.15, 0.2) is 17.6 Å². The number of benzene rings is 2. The van der Waals surface area contributed by atoms with Gasteiger partial charge in [-0.25, -0.2) is 0 Å². The molecule has 0 N–H and O–H groups in total. The number of ether oxygens (including phenoxy) is 2. The van der Waals surface area contributed by atoms with Crippen molar-refractivity contribution in [3.8, 4) is 11.5 Å². The Balaban J connectivity index is 1.35. The van der Waals surface area contributed by atoms with E-state index in [0.29, 0.717) is 6.61 Å². The van der Waals surface area contributed by atoms with E-state index in [4.69, 9.17) is 9.47 Å². The Morgan fingerprint density at radius 1 is 1.00 bits per heavy atom. The molecule has 0 spiro atoms. The minimum Gasteiger partial charge on any atom is -0.485 e. The lowest BCUT2D eigenvalue weighted by Gasteiger charge is -2.34. The second-order valence-electron chi connectivity index (χ2n) is 6.89. The van der Waals surface area contributed by atoms with Gasteiger partial charge >= 0.3 is 0 Å². The van der Waals surface area contributed by atoms with Gasteiger partial charge in [0.05, 0.1) is 0 Å². The highest BCUT2D eigenvalue weighted by molar-refractivity contribution is 5.73. The van der Waals surface area contributed by atoms with Gasteiger partial charge in [0.2, 0.25) is 5.91 Å². The fraction of sp³-hybridized carbons (Fsp3) is 0.381. The average Bonchev–Trinajstić information content (AvgIpc) is 2.68. The third-order valence-electron chi connectivity index (χ3n) is 5.08. The fourth-order valence-electron chi connectivity index (χ4n) is 3.50. The van der Waals surface area contributed by atoms with Crippen molar-refractivity contribution in [3.63, 3.8) is 0 Å². The van der Waals surface area contributed by atoms with Crippen LogP contribution in [0.4, 0.5) is 0 Å². The zero-order valence-electron chi connectivity index (χ0n) is 15.1. The molecule has 1 fully saturated rings. The summed E-state index contributed by atoms with van der Waals surface area (Å²) in [5, 5.41) is 0. The summed E-state index contributed by atoms with van der Waals surface area (Å²) in [5.41, 5.74) is 2.41. The second-order valence-corrected chi connectivity index (χ2v) is 6.89. The first-order valence-corrected chi connectivity index (χ1v) is 9.14. The summed E-state index contributed by atoms with van der Waals surface area (Å²) < 4.78 is 11.9. The third-order valence-corrected chi connectivity index (χ3v) is 5.08. The highest BCUT2D eigenvalue weighted by atomic mass is 16.6. The van der Waals surface area contributed by atoms with Crippen molar-refractivity contribution in [1.82, 2.24) is 9.80 Å². The molecule has 2 aliphatic rings.